The maximum absolute atomic E-state index is 12.7. The minimum Gasteiger partial charge on any atom is -0.343 e. The number of para-hydroxylation sites is 1. The number of allylic oxidation sites excluding steroid dienone is 1. The standard InChI is InChI=1S/C14H12Cl3F3N2O2S/c1-2-7-22-8-10(9-5-3-4-6-11(9)22)12(13(15,16)17)21-25(23,24)14(18,19)20/h2-6,8,12,21H,1,7H2. The highest BCUT2D eigenvalue weighted by Crippen LogP contribution is 2.44. The second-order valence-electron chi connectivity index (χ2n) is 5.08. The Morgan fingerprint density at radius 3 is 2.36 bits per heavy atom. The number of aromatic nitrogens is 1. The zero-order chi connectivity index (χ0) is 19.0. The van der Waals surface area contributed by atoms with E-state index in [1.807, 2.05) is 0 Å². The van der Waals surface area contributed by atoms with Crippen LogP contribution in [0.15, 0.2) is 43.1 Å². The van der Waals surface area contributed by atoms with E-state index in [1.54, 1.807) is 34.9 Å². The number of halogens is 6. The van der Waals surface area contributed by atoms with E-state index in [1.165, 1.54) is 10.9 Å². The zero-order valence-corrected chi connectivity index (χ0v) is 15.5. The van der Waals surface area contributed by atoms with Crippen LogP contribution < -0.4 is 4.72 Å². The number of sulfonamides is 1. The van der Waals surface area contributed by atoms with Gasteiger partial charge in [0.15, 0.2) is 0 Å². The molecule has 0 saturated heterocycles. The number of nitrogens with one attached hydrogen (secondary N) is 1. The molecule has 0 bridgehead atoms. The number of fused-ring (bicyclic) bond motifs is 1. The first-order chi connectivity index (χ1) is 11.4. The lowest BCUT2D eigenvalue weighted by molar-refractivity contribution is -0.0450. The van der Waals surface area contributed by atoms with Crippen LogP contribution in [0, 0.1) is 0 Å². The van der Waals surface area contributed by atoms with Gasteiger partial charge in [-0.1, -0.05) is 59.1 Å². The van der Waals surface area contributed by atoms with E-state index in [0.29, 0.717) is 17.4 Å². The minimum atomic E-state index is -5.73. The molecule has 138 valence electrons. The van der Waals surface area contributed by atoms with Crippen molar-refractivity contribution >= 4 is 55.7 Å². The van der Waals surface area contributed by atoms with Crippen LogP contribution in [0.25, 0.3) is 10.9 Å². The fraction of sp³-hybridized carbons (Fsp3) is 0.286. The first-order valence-corrected chi connectivity index (χ1v) is 9.34. The van der Waals surface area contributed by atoms with Crippen molar-refractivity contribution in [1.82, 2.24) is 9.29 Å². The number of benzene rings is 1. The second-order valence-corrected chi connectivity index (χ2v) is 9.16. The molecule has 1 atom stereocenters. The summed E-state index contributed by atoms with van der Waals surface area (Å²) in [5.74, 6) is 0. The zero-order valence-electron chi connectivity index (χ0n) is 12.4. The highest BCUT2D eigenvalue weighted by atomic mass is 35.6. The van der Waals surface area contributed by atoms with Gasteiger partial charge in [0.05, 0.1) is 6.04 Å². The Bertz CT molecular complexity index is 889. The van der Waals surface area contributed by atoms with Crippen molar-refractivity contribution in [3.05, 3.63) is 48.7 Å². The number of rotatable bonds is 5. The quantitative estimate of drug-likeness (QED) is 0.548. The smallest absolute Gasteiger partial charge is 0.343 e. The Morgan fingerprint density at radius 1 is 1.24 bits per heavy atom. The molecule has 4 nitrogen and oxygen atoms in total. The van der Waals surface area contributed by atoms with Crippen molar-refractivity contribution in [2.45, 2.75) is 21.9 Å². The summed E-state index contributed by atoms with van der Waals surface area (Å²) in [5, 5.41) is 0.450. The van der Waals surface area contributed by atoms with Gasteiger partial charge in [-0.3, -0.25) is 0 Å². The molecule has 0 saturated carbocycles. The van der Waals surface area contributed by atoms with Crippen molar-refractivity contribution in [2.24, 2.45) is 0 Å². The van der Waals surface area contributed by atoms with E-state index in [0.717, 1.165) is 0 Å². The highest BCUT2D eigenvalue weighted by Gasteiger charge is 2.50. The molecule has 1 aromatic carbocycles. The Morgan fingerprint density at radius 2 is 1.84 bits per heavy atom. The first-order valence-electron chi connectivity index (χ1n) is 6.72. The lowest BCUT2D eigenvalue weighted by atomic mass is 10.1. The van der Waals surface area contributed by atoms with Crippen LogP contribution in [-0.2, 0) is 16.6 Å². The Kier molecular flexibility index (Phi) is 5.71. The lowest BCUT2D eigenvalue weighted by Gasteiger charge is -2.25. The topological polar surface area (TPSA) is 51.1 Å². The molecule has 0 aliphatic rings. The lowest BCUT2D eigenvalue weighted by Crippen LogP contribution is -2.43. The molecule has 0 radical (unpaired) electrons. The van der Waals surface area contributed by atoms with Gasteiger partial charge in [0.25, 0.3) is 0 Å². The number of alkyl halides is 6. The molecule has 0 aliphatic carbocycles. The fourth-order valence-corrected chi connectivity index (χ4v) is 3.78. The van der Waals surface area contributed by atoms with E-state index in [9.17, 15) is 21.6 Å². The molecule has 1 N–H and O–H groups in total. The van der Waals surface area contributed by atoms with Crippen LogP contribution in [0.5, 0.6) is 0 Å². The molecule has 1 heterocycles. The summed E-state index contributed by atoms with van der Waals surface area (Å²) in [6.45, 7) is 3.93. The van der Waals surface area contributed by atoms with Crippen LogP contribution >= 0.6 is 34.8 Å². The molecule has 1 aromatic heterocycles. The van der Waals surface area contributed by atoms with Gasteiger partial charge in [-0.2, -0.15) is 17.9 Å². The molecular formula is C14H12Cl3F3N2O2S. The van der Waals surface area contributed by atoms with Crippen molar-refractivity contribution in [3.63, 3.8) is 0 Å². The van der Waals surface area contributed by atoms with E-state index >= 15 is 0 Å². The largest absolute Gasteiger partial charge is 0.511 e. The van der Waals surface area contributed by atoms with Gasteiger partial charge in [0.1, 0.15) is 0 Å². The molecule has 11 heteroatoms. The SMILES string of the molecule is C=CCn1cc(C(NS(=O)(=O)C(F)(F)F)C(Cl)(Cl)Cl)c2ccccc21. The van der Waals surface area contributed by atoms with Gasteiger partial charge in [0, 0.05) is 23.6 Å². The molecule has 25 heavy (non-hydrogen) atoms. The molecule has 2 rings (SSSR count). The van der Waals surface area contributed by atoms with Gasteiger partial charge in [-0.15, -0.1) is 6.58 Å². The summed E-state index contributed by atoms with van der Waals surface area (Å²) in [6, 6.07) is 4.90. The van der Waals surface area contributed by atoms with Crippen LogP contribution in [0.2, 0.25) is 0 Å². The molecule has 0 fully saturated rings. The van der Waals surface area contributed by atoms with Gasteiger partial charge in [-0.25, -0.2) is 8.42 Å². The predicted octanol–water partition coefficient (Wildman–Crippen LogP) is 4.68. The third-order valence-electron chi connectivity index (χ3n) is 3.36. The average molecular weight is 436 g/mol. The molecular weight excluding hydrogens is 424 g/mol. The second kappa shape index (κ2) is 7.00. The Balaban J connectivity index is 2.65. The summed E-state index contributed by atoms with van der Waals surface area (Å²) < 4.78 is 62.0. The third-order valence-corrected chi connectivity index (χ3v) is 5.17. The maximum Gasteiger partial charge on any atom is 0.511 e. The van der Waals surface area contributed by atoms with Crippen LogP contribution in [0.4, 0.5) is 13.2 Å². The van der Waals surface area contributed by atoms with Gasteiger partial charge in [0.2, 0.25) is 3.79 Å². The summed E-state index contributed by atoms with van der Waals surface area (Å²) in [4.78, 5) is 0. The first kappa shape index (κ1) is 20.4. The van der Waals surface area contributed by atoms with E-state index in [2.05, 4.69) is 6.58 Å². The van der Waals surface area contributed by atoms with Crippen LogP contribution in [-0.4, -0.2) is 22.3 Å². The summed E-state index contributed by atoms with van der Waals surface area (Å²) in [7, 11) is -5.73. The van der Waals surface area contributed by atoms with Gasteiger partial charge >= 0.3 is 15.5 Å². The number of nitrogens with zero attached hydrogens (tertiary/aromatic N) is 1. The van der Waals surface area contributed by atoms with Crippen LogP contribution in [0.3, 0.4) is 0 Å². The summed E-state index contributed by atoms with van der Waals surface area (Å²) in [5.41, 5.74) is -4.81. The van der Waals surface area contributed by atoms with Crippen molar-refractivity contribution in [2.75, 3.05) is 0 Å². The van der Waals surface area contributed by atoms with E-state index in [4.69, 9.17) is 34.8 Å². The molecule has 1 unspecified atom stereocenters. The molecule has 0 aliphatic heterocycles. The fourth-order valence-electron chi connectivity index (χ4n) is 2.32. The minimum absolute atomic E-state index is 0.102. The number of hydrogen-bond acceptors (Lipinski definition) is 2. The maximum atomic E-state index is 12.7. The average Bonchev–Trinajstić information content (AvgIpc) is 2.82. The van der Waals surface area contributed by atoms with Crippen LogP contribution in [0.1, 0.15) is 11.6 Å². The van der Waals surface area contributed by atoms with Gasteiger partial charge < -0.3 is 4.57 Å². The van der Waals surface area contributed by atoms with Crippen molar-refractivity contribution in [3.8, 4) is 0 Å². The van der Waals surface area contributed by atoms with Crippen molar-refractivity contribution < 1.29 is 21.6 Å². The van der Waals surface area contributed by atoms with E-state index < -0.39 is 25.4 Å². The molecule has 0 spiro atoms. The van der Waals surface area contributed by atoms with Crippen molar-refractivity contribution in [1.29, 1.82) is 0 Å². The normalized spacial score (nSPS) is 14.6. The Labute approximate surface area is 157 Å². The third kappa shape index (κ3) is 4.25. The summed E-state index contributed by atoms with van der Waals surface area (Å²) in [6.07, 6.45) is 3.00. The predicted molar refractivity (Wildman–Crippen MR) is 93.3 cm³/mol. The Hall–Kier alpha value is -0.930. The van der Waals surface area contributed by atoms with E-state index in [-0.39, 0.29) is 5.56 Å². The summed E-state index contributed by atoms with van der Waals surface area (Å²) >= 11 is 17.4. The monoisotopic (exact) mass is 434 g/mol. The molecule has 2 aromatic rings. The highest BCUT2D eigenvalue weighted by molar-refractivity contribution is 7.90. The number of hydrogen-bond donors (Lipinski definition) is 1. The van der Waals surface area contributed by atoms with Gasteiger partial charge in [-0.05, 0) is 11.6 Å². The molecule has 0 amide bonds.